The molecule has 88 valence electrons. The number of rotatable bonds is 3. The summed E-state index contributed by atoms with van der Waals surface area (Å²) in [6.45, 7) is 6.06. The lowest BCUT2D eigenvalue weighted by Gasteiger charge is -2.35. The molecule has 0 amide bonds. The highest BCUT2D eigenvalue weighted by molar-refractivity contribution is 7.99. The van der Waals surface area contributed by atoms with Crippen LogP contribution in [-0.4, -0.2) is 35.6 Å². The van der Waals surface area contributed by atoms with E-state index >= 15 is 0 Å². The molecular weight excluding hydrogens is 222 g/mol. The lowest BCUT2D eigenvalue weighted by molar-refractivity contribution is 0.310. The van der Waals surface area contributed by atoms with E-state index in [1.54, 1.807) is 0 Å². The molecule has 2 heterocycles. The molecule has 1 N–H and O–H groups in total. The van der Waals surface area contributed by atoms with E-state index in [0.29, 0.717) is 5.41 Å². The molecule has 15 heavy (non-hydrogen) atoms. The lowest BCUT2D eigenvalue weighted by atomic mass is 9.87. The van der Waals surface area contributed by atoms with Gasteiger partial charge in [0, 0.05) is 11.8 Å². The van der Waals surface area contributed by atoms with Gasteiger partial charge in [-0.1, -0.05) is 13.8 Å². The predicted octanol–water partition coefficient (Wildman–Crippen LogP) is 2.86. The van der Waals surface area contributed by atoms with E-state index in [4.69, 9.17) is 0 Å². The van der Waals surface area contributed by atoms with E-state index in [1.165, 1.54) is 42.4 Å². The van der Waals surface area contributed by atoms with E-state index in [9.17, 15) is 0 Å². The van der Waals surface area contributed by atoms with Gasteiger partial charge in [0.15, 0.2) is 0 Å². The third kappa shape index (κ3) is 3.86. The van der Waals surface area contributed by atoms with Crippen molar-refractivity contribution in [2.75, 3.05) is 29.6 Å². The summed E-state index contributed by atoms with van der Waals surface area (Å²) in [5.41, 5.74) is 0.547. The van der Waals surface area contributed by atoms with Crippen LogP contribution in [0.4, 0.5) is 0 Å². The third-order valence-electron chi connectivity index (χ3n) is 3.33. The lowest BCUT2D eigenvalue weighted by Crippen LogP contribution is -2.42. The largest absolute Gasteiger partial charge is 0.313 e. The summed E-state index contributed by atoms with van der Waals surface area (Å²) in [4.78, 5) is 0. The Hall–Kier alpha value is 0.660. The van der Waals surface area contributed by atoms with Crippen LogP contribution in [0, 0.1) is 11.3 Å². The average Bonchev–Trinajstić information content (AvgIpc) is 2.65. The standard InChI is InChI=1S/C12H23NS2/c1-12(2)5-11(8-15-9-12)13-6-10-3-4-14-7-10/h10-11,13H,3-9H2,1-2H3. The molecular formula is C12H23NS2. The normalized spacial score (nSPS) is 35.6. The number of thioether (sulfide) groups is 2. The second-order valence-corrected chi connectivity index (χ2v) is 7.90. The topological polar surface area (TPSA) is 12.0 Å². The Morgan fingerprint density at radius 1 is 1.27 bits per heavy atom. The van der Waals surface area contributed by atoms with Gasteiger partial charge >= 0.3 is 0 Å². The summed E-state index contributed by atoms with van der Waals surface area (Å²) in [7, 11) is 0. The zero-order valence-electron chi connectivity index (χ0n) is 9.92. The first-order chi connectivity index (χ1) is 7.16. The molecule has 2 rings (SSSR count). The Morgan fingerprint density at radius 2 is 2.13 bits per heavy atom. The molecule has 2 unspecified atom stereocenters. The molecule has 2 aliphatic heterocycles. The molecule has 2 aliphatic rings. The smallest absolute Gasteiger partial charge is 0.0163 e. The Balaban J connectivity index is 1.69. The maximum atomic E-state index is 3.78. The van der Waals surface area contributed by atoms with Crippen LogP contribution in [0.1, 0.15) is 26.7 Å². The van der Waals surface area contributed by atoms with Crippen LogP contribution >= 0.6 is 23.5 Å². The van der Waals surface area contributed by atoms with Crippen LogP contribution in [0.5, 0.6) is 0 Å². The minimum Gasteiger partial charge on any atom is -0.313 e. The fourth-order valence-corrected chi connectivity index (χ4v) is 5.06. The highest BCUT2D eigenvalue weighted by Gasteiger charge is 2.28. The zero-order chi connectivity index (χ0) is 10.7. The van der Waals surface area contributed by atoms with Crippen molar-refractivity contribution in [2.24, 2.45) is 11.3 Å². The molecule has 3 heteroatoms. The van der Waals surface area contributed by atoms with Gasteiger partial charge in [0.1, 0.15) is 0 Å². The Morgan fingerprint density at radius 3 is 2.80 bits per heavy atom. The highest BCUT2D eigenvalue weighted by atomic mass is 32.2. The van der Waals surface area contributed by atoms with E-state index in [1.807, 2.05) is 0 Å². The molecule has 0 aromatic heterocycles. The van der Waals surface area contributed by atoms with Crippen LogP contribution in [-0.2, 0) is 0 Å². The molecule has 2 saturated heterocycles. The Kier molecular flexibility index (Phi) is 4.31. The molecule has 2 fully saturated rings. The molecule has 1 nitrogen and oxygen atoms in total. The van der Waals surface area contributed by atoms with Crippen LogP contribution < -0.4 is 5.32 Å². The molecule has 0 saturated carbocycles. The summed E-state index contributed by atoms with van der Waals surface area (Å²) in [5, 5.41) is 3.78. The fourth-order valence-electron chi connectivity index (χ4n) is 2.47. The van der Waals surface area contributed by atoms with Crippen molar-refractivity contribution in [1.82, 2.24) is 5.32 Å². The second kappa shape index (κ2) is 5.33. The van der Waals surface area contributed by atoms with Gasteiger partial charge in [-0.2, -0.15) is 23.5 Å². The molecule has 2 atom stereocenters. The monoisotopic (exact) mass is 245 g/mol. The van der Waals surface area contributed by atoms with Crippen LogP contribution in [0.25, 0.3) is 0 Å². The first-order valence-corrected chi connectivity index (χ1v) is 8.35. The Bertz CT molecular complexity index is 200. The number of nitrogens with one attached hydrogen (secondary N) is 1. The van der Waals surface area contributed by atoms with Gasteiger partial charge in [0.2, 0.25) is 0 Å². The van der Waals surface area contributed by atoms with Gasteiger partial charge in [-0.05, 0) is 48.0 Å². The van der Waals surface area contributed by atoms with Crippen LogP contribution in [0.3, 0.4) is 0 Å². The van der Waals surface area contributed by atoms with Crippen molar-refractivity contribution in [3.8, 4) is 0 Å². The summed E-state index contributed by atoms with van der Waals surface area (Å²) < 4.78 is 0. The highest BCUT2D eigenvalue weighted by Crippen LogP contribution is 2.33. The van der Waals surface area contributed by atoms with E-state index in [0.717, 1.165) is 12.0 Å². The van der Waals surface area contributed by atoms with Crippen molar-refractivity contribution in [3.05, 3.63) is 0 Å². The van der Waals surface area contributed by atoms with Gasteiger partial charge in [0.05, 0.1) is 0 Å². The van der Waals surface area contributed by atoms with E-state index in [-0.39, 0.29) is 0 Å². The minimum absolute atomic E-state index is 0.547. The minimum atomic E-state index is 0.547. The molecule has 0 aromatic carbocycles. The van der Waals surface area contributed by atoms with Gasteiger partial charge in [-0.25, -0.2) is 0 Å². The molecule has 0 aromatic rings. The average molecular weight is 245 g/mol. The van der Waals surface area contributed by atoms with Crippen molar-refractivity contribution in [2.45, 2.75) is 32.7 Å². The molecule has 0 radical (unpaired) electrons. The first-order valence-electron chi connectivity index (χ1n) is 6.05. The van der Waals surface area contributed by atoms with Crippen molar-refractivity contribution >= 4 is 23.5 Å². The fraction of sp³-hybridized carbons (Fsp3) is 1.00. The summed E-state index contributed by atoms with van der Waals surface area (Å²) in [6, 6.07) is 0.768. The van der Waals surface area contributed by atoms with Gasteiger partial charge < -0.3 is 5.32 Å². The Labute approximate surface area is 103 Å². The molecule has 0 aliphatic carbocycles. The predicted molar refractivity (Wildman–Crippen MR) is 72.9 cm³/mol. The zero-order valence-corrected chi connectivity index (χ0v) is 11.6. The third-order valence-corrected chi connectivity index (χ3v) is 6.19. The quantitative estimate of drug-likeness (QED) is 0.821. The van der Waals surface area contributed by atoms with Gasteiger partial charge in [-0.15, -0.1) is 0 Å². The SMILES string of the molecule is CC1(C)CSCC(NCC2CCSC2)C1. The second-order valence-electron chi connectivity index (χ2n) is 5.72. The number of hydrogen-bond donors (Lipinski definition) is 1. The van der Waals surface area contributed by atoms with Crippen LogP contribution in [0.15, 0.2) is 0 Å². The maximum Gasteiger partial charge on any atom is 0.0163 e. The van der Waals surface area contributed by atoms with Gasteiger partial charge in [0.25, 0.3) is 0 Å². The van der Waals surface area contributed by atoms with Crippen LogP contribution in [0.2, 0.25) is 0 Å². The van der Waals surface area contributed by atoms with E-state index < -0.39 is 0 Å². The maximum absolute atomic E-state index is 3.78. The van der Waals surface area contributed by atoms with Crippen molar-refractivity contribution < 1.29 is 0 Å². The van der Waals surface area contributed by atoms with Gasteiger partial charge in [-0.3, -0.25) is 0 Å². The molecule has 0 spiro atoms. The summed E-state index contributed by atoms with van der Waals surface area (Å²) in [5.74, 6) is 6.38. The van der Waals surface area contributed by atoms with Crippen molar-refractivity contribution in [1.29, 1.82) is 0 Å². The first kappa shape index (κ1) is 12.1. The summed E-state index contributed by atoms with van der Waals surface area (Å²) >= 11 is 4.25. The molecule has 0 bridgehead atoms. The van der Waals surface area contributed by atoms with Crippen molar-refractivity contribution in [3.63, 3.8) is 0 Å². The summed E-state index contributed by atoms with van der Waals surface area (Å²) in [6.07, 6.45) is 2.79. The van der Waals surface area contributed by atoms with E-state index in [2.05, 4.69) is 42.7 Å². The number of hydrogen-bond acceptors (Lipinski definition) is 3.